The summed E-state index contributed by atoms with van der Waals surface area (Å²) in [5, 5.41) is 0. The fourth-order valence-electron chi connectivity index (χ4n) is 9.36. The third-order valence-electron chi connectivity index (χ3n) is 14.3. The maximum absolute atomic E-state index is 12.8. The molecule has 0 aromatic heterocycles. The molecule has 1 atom stereocenters. The molecule has 448 valence electrons. The lowest BCUT2D eigenvalue weighted by atomic mass is 10.0. The smallest absolute Gasteiger partial charge is 0.306 e. The van der Waals surface area contributed by atoms with Crippen LogP contribution in [0.1, 0.15) is 323 Å². The van der Waals surface area contributed by atoms with Crippen LogP contribution in [0.15, 0.2) is 97.2 Å². The molecule has 0 aromatic carbocycles. The molecule has 0 fully saturated rings. The van der Waals surface area contributed by atoms with Crippen molar-refractivity contribution >= 4 is 17.9 Å². The van der Waals surface area contributed by atoms with Gasteiger partial charge in [-0.25, -0.2) is 0 Å². The molecular formula is C72H124O6. The average Bonchev–Trinajstić information content (AvgIpc) is 3.44. The number of unbranched alkanes of at least 4 members (excludes halogenated alkanes) is 33. The summed E-state index contributed by atoms with van der Waals surface area (Å²) in [4.78, 5) is 38.0. The molecule has 0 saturated heterocycles. The molecule has 0 aromatic rings. The minimum absolute atomic E-state index is 0.0751. The maximum Gasteiger partial charge on any atom is 0.306 e. The first-order valence-electron chi connectivity index (χ1n) is 33.2. The van der Waals surface area contributed by atoms with Gasteiger partial charge in [-0.05, 0) is 103 Å². The highest BCUT2D eigenvalue weighted by Gasteiger charge is 2.19. The standard InChI is InChI=1S/C72H124O6/c1-4-7-10-13-16-18-20-22-24-26-28-29-30-31-32-33-34-35-36-37-38-39-40-41-42-43-45-46-48-50-52-54-56-59-62-65-71(74)77-68-69(67-76-70(73)64-61-58-15-12-9-6-3)78-72(75)66-63-60-57-55-53-51-49-47-44-27-25-23-21-19-17-14-11-8-5-2/h7,10,16,18,22-25,28-29,31-32,34-35,37-38,69H,4-6,8-9,11-15,17,19-21,26-27,30,33,36,39-68H2,1-3H3/b10-7-,18-16-,24-22-,25-23-,29-28-,32-31-,35-34-,38-37-. The SMILES string of the molecule is CC/C=C\C/C=C\C/C=C\C/C=C\C/C=C\C/C=C\C/C=C\CCCCCCCCCCCCCCCC(=O)OCC(COC(=O)CCCCCCCC)OC(=O)CCCCCCCCCCC/C=C\CCCCCCCC. The molecule has 6 nitrogen and oxygen atoms in total. The van der Waals surface area contributed by atoms with Gasteiger partial charge in [0.05, 0.1) is 0 Å². The number of carbonyl (C=O) groups is 3. The zero-order valence-electron chi connectivity index (χ0n) is 51.4. The first-order valence-corrected chi connectivity index (χ1v) is 33.2. The molecule has 0 aliphatic rings. The van der Waals surface area contributed by atoms with E-state index in [2.05, 4.69) is 118 Å². The van der Waals surface area contributed by atoms with Crippen molar-refractivity contribution in [2.75, 3.05) is 13.2 Å². The lowest BCUT2D eigenvalue weighted by Gasteiger charge is -2.18. The Morgan fingerprint density at radius 1 is 0.269 bits per heavy atom. The Balaban J connectivity index is 4.02. The summed E-state index contributed by atoms with van der Waals surface area (Å²) < 4.78 is 16.8. The maximum atomic E-state index is 12.8. The average molecular weight is 1090 g/mol. The lowest BCUT2D eigenvalue weighted by molar-refractivity contribution is -0.167. The molecule has 6 heteroatoms. The number of hydrogen-bond donors (Lipinski definition) is 0. The van der Waals surface area contributed by atoms with Crippen LogP contribution < -0.4 is 0 Å². The van der Waals surface area contributed by atoms with Gasteiger partial charge in [0.2, 0.25) is 0 Å². The van der Waals surface area contributed by atoms with E-state index < -0.39 is 6.10 Å². The summed E-state index contributed by atoms with van der Waals surface area (Å²) in [5.74, 6) is -0.877. The van der Waals surface area contributed by atoms with Crippen LogP contribution >= 0.6 is 0 Å². The summed E-state index contributed by atoms with van der Waals surface area (Å²) in [6, 6.07) is 0. The highest BCUT2D eigenvalue weighted by atomic mass is 16.6. The summed E-state index contributed by atoms with van der Waals surface area (Å²) in [6.45, 7) is 6.49. The van der Waals surface area contributed by atoms with Gasteiger partial charge in [0.1, 0.15) is 13.2 Å². The van der Waals surface area contributed by atoms with Crippen LogP contribution in [0.4, 0.5) is 0 Å². The van der Waals surface area contributed by atoms with Crippen LogP contribution in [0, 0.1) is 0 Å². The van der Waals surface area contributed by atoms with Gasteiger partial charge >= 0.3 is 17.9 Å². The van der Waals surface area contributed by atoms with E-state index in [1.165, 1.54) is 180 Å². The molecule has 0 aliphatic carbocycles. The fourth-order valence-corrected chi connectivity index (χ4v) is 9.36. The van der Waals surface area contributed by atoms with Crippen LogP contribution in [-0.2, 0) is 28.6 Å². The molecule has 0 aliphatic heterocycles. The summed E-state index contributed by atoms with van der Waals surface area (Å²) >= 11 is 0. The van der Waals surface area contributed by atoms with Crippen molar-refractivity contribution < 1.29 is 28.6 Å². The van der Waals surface area contributed by atoms with Gasteiger partial charge in [-0.1, -0.05) is 298 Å². The third kappa shape index (κ3) is 63.2. The zero-order chi connectivity index (χ0) is 56.4. The number of ether oxygens (including phenoxy) is 3. The molecule has 0 N–H and O–H groups in total. The lowest BCUT2D eigenvalue weighted by Crippen LogP contribution is -2.30. The molecule has 78 heavy (non-hydrogen) atoms. The van der Waals surface area contributed by atoms with E-state index in [-0.39, 0.29) is 31.1 Å². The zero-order valence-corrected chi connectivity index (χ0v) is 51.4. The Labute approximate surface area is 483 Å². The van der Waals surface area contributed by atoms with Gasteiger partial charge < -0.3 is 14.2 Å². The molecule has 0 rings (SSSR count). The second-order valence-electron chi connectivity index (χ2n) is 22.0. The topological polar surface area (TPSA) is 78.9 Å². The van der Waals surface area contributed by atoms with Gasteiger partial charge in [0.25, 0.3) is 0 Å². The summed E-state index contributed by atoms with van der Waals surface area (Å²) in [7, 11) is 0. The van der Waals surface area contributed by atoms with E-state index in [1.807, 2.05) is 0 Å². The Hall–Kier alpha value is -3.67. The van der Waals surface area contributed by atoms with Crippen LogP contribution in [-0.4, -0.2) is 37.2 Å². The normalized spacial score (nSPS) is 12.7. The highest BCUT2D eigenvalue weighted by molar-refractivity contribution is 5.71. The van der Waals surface area contributed by atoms with Gasteiger partial charge in [-0.2, -0.15) is 0 Å². The van der Waals surface area contributed by atoms with Crippen LogP contribution in [0.2, 0.25) is 0 Å². The molecule has 0 spiro atoms. The molecule has 0 amide bonds. The third-order valence-corrected chi connectivity index (χ3v) is 14.3. The van der Waals surface area contributed by atoms with Crippen molar-refractivity contribution in [3.05, 3.63) is 97.2 Å². The molecule has 0 heterocycles. The van der Waals surface area contributed by atoms with Crippen molar-refractivity contribution in [1.29, 1.82) is 0 Å². The highest BCUT2D eigenvalue weighted by Crippen LogP contribution is 2.17. The predicted octanol–water partition coefficient (Wildman–Crippen LogP) is 22.8. The van der Waals surface area contributed by atoms with E-state index in [0.29, 0.717) is 19.3 Å². The minimum atomic E-state index is -0.774. The monoisotopic (exact) mass is 1080 g/mol. The Morgan fingerprint density at radius 2 is 0.500 bits per heavy atom. The molecular weight excluding hydrogens is 961 g/mol. The fraction of sp³-hybridized carbons (Fsp3) is 0.736. The van der Waals surface area contributed by atoms with E-state index in [9.17, 15) is 14.4 Å². The van der Waals surface area contributed by atoms with E-state index >= 15 is 0 Å². The number of esters is 3. The first-order chi connectivity index (χ1) is 38.5. The number of allylic oxidation sites excluding steroid dienone is 16. The van der Waals surface area contributed by atoms with Crippen LogP contribution in [0.5, 0.6) is 0 Å². The first kappa shape index (κ1) is 74.3. The van der Waals surface area contributed by atoms with Crippen molar-refractivity contribution in [1.82, 2.24) is 0 Å². The van der Waals surface area contributed by atoms with E-state index in [4.69, 9.17) is 14.2 Å². The molecule has 0 bridgehead atoms. The summed E-state index contributed by atoms with van der Waals surface area (Å²) in [6.07, 6.45) is 88.9. The Morgan fingerprint density at radius 3 is 0.795 bits per heavy atom. The summed E-state index contributed by atoms with van der Waals surface area (Å²) in [5.41, 5.74) is 0. The second-order valence-corrected chi connectivity index (χ2v) is 22.0. The molecule has 1 unspecified atom stereocenters. The van der Waals surface area contributed by atoms with Crippen molar-refractivity contribution in [3.8, 4) is 0 Å². The predicted molar refractivity (Wildman–Crippen MR) is 339 cm³/mol. The Kier molecular flexibility index (Phi) is 62.7. The number of hydrogen-bond acceptors (Lipinski definition) is 6. The van der Waals surface area contributed by atoms with Gasteiger partial charge in [0.15, 0.2) is 6.10 Å². The molecule has 0 saturated carbocycles. The number of rotatable bonds is 60. The second kappa shape index (κ2) is 65.8. The van der Waals surface area contributed by atoms with Crippen LogP contribution in [0.25, 0.3) is 0 Å². The van der Waals surface area contributed by atoms with E-state index in [1.54, 1.807) is 0 Å². The largest absolute Gasteiger partial charge is 0.462 e. The minimum Gasteiger partial charge on any atom is -0.462 e. The van der Waals surface area contributed by atoms with Crippen molar-refractivity contribution in [2.45, 2.75) is 329 Å². The van der Waals surface area contributed by atoms with E-state index in [0.717, 1.165) is 103 Å². The molecule has 0 radical (unpaired) electrons. The van der Waals surface area contributed by atoms with Crippen molar-refractivity contribution in [2.24, 2.45) is 0 Å². The van der Waals surface area contributed by atoms with Crippen LogP contribution in [0.3, 0.4) is 0 Å². The van der Waals surface area contributed by atoms with Gasteiger partial charge in [-0.3, -0.25) is 14.4 Å². The van der Waals surface area contributed by atoms with Gasteiger partial charge in [-0.15, -0.1) is 0 Å². The number of carbonyl (C=O) groups excluding carboxylic acids is 3. The van der Waals surface area contributed by atoms with Gasteiger partial charge in [0, 0.05) is 19.3 Å². The Bertz CT molecular complexity index is 1530. The quantitative estimate of drug-likeness (QED) is 0.0261. The van der Waals surface area contributed by atoms with Crippen molar-refractivity contribution in [3.63, 3.8) is 0 Å².